The number of hydrogen-bond acceptors (Lipinski definition) is 5. The van der Waals surface area contributed by atoms with Crippen molar-refractivity contribution in [1.29, 1.82) is 0 Å². The number of hydrogen-bond donors (Lipinski definition) is 2. The van der Waals surface area contributed by atoms with Crippen LogP contribution in [0.25, 0.3) is 0 Å². The number of piperidine rings is 1. The molecule has 3 unspecified atom stereocenters. The Morgan fingerprint density at radius 2 is 1.69 bits per heavy atom. The van der Waals surface area contributed by atoms with Gasteiger partial charge < -0.3 is 15.4 Å². The molecule has 1 saturated heterocycles. The van der Waals surface area contributed by atoms with Crippen molar-refractivity contribution in [3.63, 3.8) is 0 Å². The molecule has 5 nitrogen and oxygen atoms in total. The molecule has 0 bridgehead atoms. The number of rotatable bonds is 6. The Kier molecular flexibility index (Phi) is 6.99. The quantitative estimate of drug-likeness (QED) is 0.577. The van der Waals surface area contributed by atoms with Crippen LogP contribution in [-0.4, -0.2) is 34.7 Å². The normalized spacial score (nSPS) is 23.1. The SMILES string of the molecule is CC(OCC1(C)CCC(Nc2ncccn2)CN1)c1cc(C(F)(F)F)cc(C(F)(F)F)c1. The molecular formula is C21H24F6N4O. The molecule has 2 aromatic rings. The zero-order valence-electron chi connectivity index (χ0n) is 17.5. The third kappa shape index (κ3) is 6.32. The predicted molar refractivity (Wildman–Crippen MR) is 106 cm³/mol. The van der Waals surface area contributed by atoms with Crippen molar-refractivity contribution in [3.8, 4) is 0 Å². The standard InChI is InChI=1S/C21H24F6N4O/c1-13(14-8-15(20(22,23)24)10-16(9-14)21(25,26)27)32-12-19(2)5-4-17(11-30-19)31-18-28-6-3-7-29-18/h3,6-10,13,17,30H,4-5,11-12H2,1-2H3,(H,28,29,31). The number of ether oxygens (including phenoxy) is 1. The molecule has 0 saturated carbocycles. The summed E-state index contributed by atoms with van der Waals surface area (Å²) < 4.78 is 84.3. The Hall–Kier alpha value is -2.40. The fraction of sp³-hybridized carbons (Fsp3) is 0.524. The van der Waals surface area contributed by atoms with Crippen LogP contribution in [0.4, 0.5) is 32.3 Å². The van der Waals surface area contributed by atoms with Gasteiger partial charge in [0.25, 0.3) is 0 Å². The molecule has 1 aromatic heterocycles. The average Bonchev–Trinajstić information content (AvgIpc) is 2.73. The Balaban J connectivity index is 1.62. The van der Waals surface area contributed by atoms with Gasteiger partial charge in [0.2, 0.25) is 5.95 Å². The van der Waals surface area contributed by atoms with Crippen LogP contribution in [0.1, 0.15) is 49.5 Å². The summed E-state index contributed by atoms with van der Waals surface area (Å²) in [4.78, 5) is 8.23. The van der Waals surface area contributed by atoms with Gasteiger partial charge in [-0.15, -0.1) is 0 Å². The molecule has 32 heavy (non-hydrogen) atoms. The molecule has 0 amide bonds. The van der Waals surface area contributed by atoms with Crippen LogP contribution in [0.5, 0.6) is 0 Å². The average molecular weight is 462 g/mol. The Labute approximate surface area is 181 Å². The van der Waals surface area contributed by atoms with Gasteiger partial charge in [0, 0.05) is 30.5 Å². The van der Waals surface area contributed by atoms with Crippen molar-refractivity contribution in [2.24, 2.45) is 0 Å². The molecule has 176 valence electrons. The summed E-state index contributed by atoms with van der Waals surface area (Å²) in [5.74, 6) is 0.512. The molecule has 11 heteroatoms. The Bertz CT molecular complexity index is 863. The predicted octanol–water partition coefficient (Wildman–Crippen LogP) is 5.21. The number of benzene rings is 1. The van der Waals surface area contributed by atoms with Gasteiger partial charge in [-0.25, -0.2) is 9.97 Å². The first-order chi connectivity index (χ1) is 14.9. The van der Waals surface area contributed by atoms with Crippen LogP contribution in [-0.2, 0) is 17.1 Å². The number of halogens is 6. The molecule has 1 aliphatic heterocycles. The van der Waals surface area contributed by atoms with Gasteiger partial charge in [0.15, 0.2) is 0 Å². The van der Waals surface area contributed by atoms with E-state index >= 15 is 0 Å². The van der Waals surface area contributed by atoms with Crippen LogP contribution in [0.15, 0.2) is 36.7 Å². The molecule has 3 atom stereocenters. The van der Waals surface area contributed by atoms with Crippen molar-refractivity contribution < 1.29 is 31.1 Å². The maximum Gasteiger partial charge on any atom is 0.416 e. The topological polar surface area (TPSA) is 59.1 Å². The Morgan fingerprint density at radius 3 is 2.19 bits per heavy atom. The van der Waals surface area contributed by atoms with Crippen LogP contribution in [0.3, 0.4) is 0 Å². The highest BCUT2D eigenvalue weighted by Crippen LogP contribution is 2.38. The second-order valence-corrected chi connectivity index (χ2v) is 8.19. The maximum atomic E-state index is 13.1. The van der Waals surface area contributed by atoms with Crippen LogP contribution < -0.4 is 10.6 Å². The van der Waals surface area contributed by atoms with Gasteiger partial charge >= 0.3 is 12.4 Å². The zero-order chi connectivity index (χ0) is 23.6. The minimum Gasteiger partial charge on any atom is -0.372 e. The van der Waals surface area contributed by atoms with Gasteiger partial charge in [0.1, 0.15) is 0 Å². The van der Waals surface area contributed by atoms with E-state index in [1.165, 1.54) is 6.92 Å². The lowest BCUT2D eigenvalue weighted by Crippen LogP contribution is -2.55. The molecule has 0 spiro atoms. The van der Waals surface area contributed by atoms with E-state index in [0.29, 0.717) is 31.0 Å². The summed E-state index contributed by atoms with van der Waals surface area (Å²) in [6.07, 6.45) is -6.03. The second kappa shape index (κ2) is 9.22. The van der Waals surface area contributed by atoms with Crippen molar-refractivity contribution >= 4 is 5.95 Å². The van der Waals surface area contributed by atoms with Gasteiger partial charge in [-0.1, -0.05) is 0 Å². The van der Waals surface area contributed by atoms with E-state index in [1.54, 1.807) is 18.5 Å². The van der Waals surface area contributed by atoms with Crippen molar-refractivity contribution in [3.05, 3.63) is 53.3 Å². The molecule has 2 N–H and O–H groups in total. The van der Waals surface area contributed by atoms with Gasteiger partial charge in [-0.2, -0.15) is 26.3 Å². The third-order valence-electron chi connectivity index (χ3n) is 5.45. The van der Waals surface area contributed by atoms with Crippen LogP contribution in [0, 0.1) is 0 Å². The summed E-state index contributed by atoms with van der Waals surface area (Å²) in [6, 6.07) is 3.32. The minimum absolute atomic E-state index is 0.0840. The lowest BCUT2D eigenvalue weighted by Gasteiger charge is -2.39. The number of alkyl halides is 6. The van der Waals surface area contributed by atoms with E-state index < -0.39 is 35.1 Å². The van der Waals surface area contributed by atoms with Gasteiger partial charge in [0.05, 0.1) is 23.8 Å². The highest BCUT2D eigenvalue weighted by atomic mass is 19.4. The first-order valence-electron chi connectivity index (χ1n) is 10.1. The fourth-order valence-electron chi connectivity index (χ4n) is 3.47. The van der Waals surface area contributed by atoms with Gasteiger partial charge in [-0.3, -0.25) is 0 Å². The molecular weight excluding hydrogens is 438 g/mol. The summed E-state index contributed by atoms with van der Waals surface area (Å²) >= 11 is 0. The summed E-state index contributed by atoms with van der Waals surface area (Å²) in [7, 11) is 0. The molecule has 1 aliphatic rings. The van der Waals surface area contributed by atoms with E-state index in [-0.39, 0.29) is 24.3 Å². The molecule has 0 aliphatic carbocycles. The minimum atomic E-state index is -4.89. The lowest BCUT2D eigenvalue weighted by atomic mass is 9.89. The summed E-state index contributed by atoms with van der Waals surface area (Å²) in [6.45, 7) is 4.05. The highest BCUT2D eigenvalue weighted by molar-refractivity contribution is 5.34. The summed E-state index contributed by atoms with van der Waals surface area (Å²) in [5.41, 5.74) is -3.35. The zero-order valence-corrected chi connectivity index (χ0v) is 17.5. The van der Waals surface area contributed by atoms with Gasteiger partial charge in [-0.05, 0) is 56.5 Å². The smallest absolute Gasteiger partial charge is 0.372 e. The molecule has 3 rings (SSSR count). The molecule has 0 radical (unpaired) electrons. The van der Waals surface area contributed by atoms with Crippen molar-refractivity contribution in [1.82, 2.24) is 15.3 Å². The summed E-state index contributed by atoms with van der Waals surface area (Å²) in [5, 5.41) is 6.55. The Morgan fingerprint density at radius 1 is 1.09 bits per heavy atom. The molecule has 2 heterocycles. The van der Waals surface area contributed by atoms with E-state index in [0.717, 1.165) is 6.42 Å². The highest BCUT2D eigenvalue weighted by Gasteiger charge is 2.38. The molecule has 1 aromatic carbocycles. The van der Waals surface area contributed by atoms with Crippen molar-refractivity contribution in [2.45, 2.75) is 56.7 Å². The number of nitrogens with zero attached hydrogens (tertiary/aromatic N) is 2. The van der Waals surface area contributed by atoms with E-state index in [4.69, 9.17) is 4.74 Å². The number of nitrogens with one attached hydrogen (secondary N) is 2. The third-order valence-corrected chi connectivity index (χ3v) is 5.45. The largest absolute Gasteiger partial charge is 0.416 e. The number of anilines is 1. The van der Waals surface area contributed by atoms with Crippen LogP contribution >= 0.6 is 0 Å². The maximum absolute atomic E-state index is 13.1. The fourth-order valence-corrected chi connectivity index (χ4v) is 3.47. The second-order valence-electron chi connectivity index (χ2n) is 8.19. The van der Waals surface area contributed by atoms with E-state index in [2.05, 4.69) is 20.6 Å². The van der Waals surface area contributed by atoms with Crippen molar-refractivity contribution in [2.75, 3.05) is 18.5 Å². The lowest BCUT2D eigenvalue weighted by molar-refractivity contribution is -0.143. The molecule has 1 fully saturated rings. The van der Waals surface area contributed by atoms with E-state index in [9.17, 15) is 26.3 Å². The first kappa shape index (κ1) is 24.2. The first-order valence-corrected chi connectivity index (χ1v) is 10.1. The number of aromatic nitrogens is 2. The van der Waals surface area contributed by atoms with E-state index in [1.807, 2.05) is 6.92 Å². The monoisotopic (exact) mass is 462 g/mol. The van der Waals surface area contributed by atoms with Crippen LogP contribution in [0.2, 0.25) is 0 Å².